The number of nitrogens with one attached hydrogen (secondary N) is 2. The first kappa shape index (κ1) is 19.6. The van der Waals surface area contributed by atoms with Gasteiger partial charge in [-0.3, -0.25) is 0 Å². The first-order valence-corrected chi connectivity index (χ1v) is 9.06. The van der Waals surface area contributed by atoms with E-state index >= 15 is 0 Å². The molecular formula is C19H28N4O3. The van der Waals surface area contributed by atoms with Crippen LogP contribution in [0.3, 0.4) is 0 Å². The number of hydrogen-bond acceptors (Lipinski definition) is 5. The standard InChI is InChI=1S/C19H28N4O3/c1-4-20-19(22-14-16-10-12-26-23-16)21-11-9-15-7-8-17(24-5-2)18(13-15)25-6-3/h7-8,10,12-13H,4-6,9,11,14H2,1-3H3,(H2,20,21,22). The van der Waals surface area contributed by atoms with Crippen LogP contribution in [-0.2, 0) is 13.0 Å². The van der Waals surface area contributed by atoms with E-state index in [9.17, 15) is 0 Å². The van der Waals surface area contributed by atoms with E-state index in [1.165, 1.54) is 5.56 Å². The number of nitrogens with zero attached hydrogens (tertiary/aromatic N) is 2. The Kier molecular flexibility index (Phi) is 8.32. The third-order valence-corrected chi connectivity index (χ3v) is 3.55. The Morgan fingerprint density at radius 1 is 1.08 bits per heavy atom. The van der Waals surface area contributed by atoms with Crippen LogP contribution >= 0.6 is 0 Å². The van der Waals surface area contributed by atoms with Crippen LogP contribution in [-0.4, -0.2) is 37.4 Å². The van der Waals surface area contributed by atoms with Gasteiger partial charge in [-0.1, -0.05) is 11.2 Å². The van der Waals surface area contributed by atoms with Crippen molar-refractivity contribution in [2.75, 3.05) is 26.3 Å². The van der Waals surface area contributed by atoms with Gasteiger partial charge in [0.25, 0.3) is 0 Å². The summed E-state index contributed by atoms with van der Waals surface area (Å²) in [7, 11) is 0. The molecular weight excluding hydrogens is 332 g/mol. The molecule has 0 aliphatic rings. The van der Waals surface area contributed by atoms with E-state index in [0.717, 1.165) is 42.7 Å². The molecule has 2 rings (SSSR count). The molecule has 0 amide bonds. The maximum absolute atomic E-state index is 5.68. The maximum atomic E-state index is 5.68. The van der Waals surface area contributed by atoms with Crippen LogP contribution in [0, 0.1) is 0 Å². The predicted molar refractivity (Wildman–Crippen MR) is 102 cm³/mol. The number of aromatic nitrogens is 1. The highest BCUT2D eigenvalue weighted by Gasteiger charge is 2.06. The summed E-state index contributed by atoms with van der Waals surface area (Å²) in [6, 6.07) is 7.88. The van der Waals surface area contributed by atoms with Crippen molar-refractivity contribution in [1.82, 2.24) is 15.8 Å². The predicted octanol–water partition coefficient (Wildman–Crippen LogP) is 2.77. The first-order valence-electron chi connectivity index (χ1n) is 9.06. The van der Waals surface area contributed by atoms with Gasteiger partial charge in [0.2, 0.25) is 0 Å². The Morgan fingerprint density at radius 3 is 2.58 bits per heavy atom. The second kappa shape index (κ2) is 11.0. The summed E-state index contributed by atoms with van der Waals surface area (Å²) in [5.41, 5.74) is 1.98. The molecule has 142 valence electrons. The fourth-order valence-corrected chi connectivity index (χ4v) is 2.40. The minimum atomic E-state index is 0.476. The number of rotatable bonds is 10. The van der Waals surface area contributed by atoms with Gasteiger partial charge in [-0.05, 0) is 44.9 Å². The lowest BCUT2D eigenvalue weighted by atomic mass is 10.1. The molecule has 0 saturated heterocycles. The molecule has 1 aromatic heterocycles. The van der Waals surface area contributed by atoms with Crippen molar-refractivity contribution in [1.29, 1.82) is 0 Å². The van der Waals surface area contributed by atoms with Crippen LogP contribution in [0.25, 0.3) is 0 Å². The van der Waals surface area contributed by atoms with Crippen molar-refractivity contribution in [3.8, 4) is 11.5 Å². The molecule has 0 fully saturated rings. The molecule has 0 spiro atoms. The van der Waals surface area contributed by atoms with Crippen LogP contribution in [0.15, 0.2) is 40.0 Å². The minimum absolute atomic E-state index is 0.476. The number of guanidine groups is 1. The topological polar surface area (TPSA) is 80.9 Å². The van der Waals surface area contributed by atoms with Crippen LogP contribution in [0.5, 0.6) is 11.5 Å². The molecule has 0 aliphatic heterocycles. The number of hydrogen-bond donors (Lipinski definition) is 2. The molecule has 0 radical (unpaired) electrons. The van der Waals surface area contributed by atoms with E-state index in [0.29, 0.717) is 19.8 Å². The van der Waals surface area contributed by atoms with Crippen LogP contribution in [0.2, 0.25) is 0 Å². The molecule has 0 aliphatic carbocycles. The van der Waals surface area contributed by atoms with Gasteiger partial charge in [0, 0.05) is 19.2 Å². The van der Waals surface area contributed by atoms with E-state index in [2.05, 4.69) is 26.8 Å². The third kappa shape index (κ3) is 6.31. The molecule has 0 atom stereocenters. The fraction of sp³-hybridized carbons (Fsp3) is 0.474. The van der Waals surface area contributed by atoms with Gasteiger partial charge in [-0.15, -0.1) is 0 Å². The second-order valence-electron chi connectivity index (χ2n) is 5.51. The van der Waals surface area contributed by atoms with E-state index in [-0.39, 0.29) is 0 Å². The zero-order chi connectivity index (χ0) is 18.6. The Morgan fingerprint density at radius 2 is 1.88 bits per heavy atom. The zero-order valence-corrected chi connectivity index (χ0v) is 15.7. The van der Waals surface area contributed by atoms with Gasteiger partial charge >= 0.3 is 0 Å². The largest absolute Gasteiger partial charge is 0.490 e. The van der Waals surface area contributed by atoms with Gasteiger partial charge < -0.3 is 24.6 Å². The van der Waals surface area contributed by atoms with Crippen LogP contribution < -0.4 is 20.1 Å². The molecule has 1 aromatic carbocycles. The normalized spacial score (nSPS) is 11.3. The quantitative estimate of drug-likeness (QED) is 0.501. The molecule has 0 saturated carbocycles. The van der Waals surface area contributed by atoms with Gasteiger partial charge in [0.15, 0.2) is 17.5 Å². The van der Waals surface area contributed by atoms with Crippen LogP contribution in [0.1, 0.15) is 32.0 Å². The summed E-state index contributed by atoms with van der Waals surface area (Å²) in [6.45, 7) is 9.23. The molecule has 1 heterocycles. The number of ether oxygens (including phenoxy) is 2. The Bertz CT molecular complexity index is 671. The van der Waals surface area contributed by atoms with E-state index in [4.69, 9.17) is 14.0 Å². The number of benzene rings is 1. The van der Waals surface area contributed by atoms with Gasteiger partial charge in [-0.2, -0.15) is 0 Å². The molecule has 0 unspecified atom stereocenters. The van der Waals surface area contributed by atoms with Gasteiger partial charge in [0.1, 0.15) is 12.0 Å². The molecule has 2 N–H and O–H groups in total. The number of aliphatic imine (C=N–C) groups is 1. The molecule has 0 bridgehead atoms. The lowest BCUT2D eigenvalue weighted by Crippen LogP contribution is -2.38. The highest BCUT2D eigenvalue weighted by molar-refractivity contribution is 5.79. The van der Waals surface area contributed by atoms with Crippen molar-refractivity contribution in [3.05, 3.63) is 41.8 Å². The highest BCUT2D eigenvalue weighted by atomic mass is 16.5. The summed E-state index contributed by atoms with van der Waals surface area (Å²) in [5, 5.41) is 10.4. The summed E-state index contributed by atoms with van der Waals surface area (Å²) in [4.78, 5) is 4.50. The van der Waals surface area contributed by atoms with Crippen molar-refractivity contribution >= 4 is 5.96 Å². The SMILES string of the molecule is CCNC(=NCc1ccon1)NCCc1ccc(OCC)c(OCC)c1. The molecule has 7 heteroatoms. The smallest absolute Gasteiger partial charge is 0.191 e. The summed E-state index contributed by atoms with van der Waals surface area (Å²) in [6.07, 6.45) is 2.40. The second-order valence-corrected chi connectivity index (χ2v) is 5.51. The van der Waals surface area contributed by atoms with E-state index < -0.39 is 0 Å². The van der Waals surface area contributed by atoms with E-state index in [1.807, 2.05) is 39.0 Å². The molecule has 7 nitrogen and oxygen atoms in total. The maximum Gasteiger partial charge on any atom is 0.191 e. The summed E-state index contributed by atoms with van der Waals surface area (Å²) >= 11 is 0. The van der Waals surface area contributed by atoms with Gasteiger partial charge in [0.05, 0.1) is 19.8 Å². The highest BCUT2D eigenvalue weighted by Crippen LogP contribution is 2.28. The Labute approximate surface area is 154 Å². The summed E-state index contributed by atoms with van der Waals surface area (Å²) in [5.74, 6) is 2.33. The lowest BCUT2D eigenvalue weighted by molar-refractivity contribution is 0.287. The van der Waals surface area contributed by atoms with Crippen molar-refractivity contribution in [3.63, 3.8) is 0 Å². The Hall–Kier alpha value is -2.70. The van der Waals surface area contributed by atoms with Crippen molar-refractivity contribution in [2.24, 2.45) is 4.99 Å². The van der Waals surface area contributed by atoms with E-state index in [1.54, 1.807) is 6.26 Å². The zero-order valence-electron chi connectivity index (χ0n) is 15.7. The average Bonchev–Trinajstić information content (AvgIpc) is 3.16. The summed E-state index contributed by atoms with van der Waals surface area (Å²) < 4.78 is 16.1. The fourth-order valence-electron chi connectivity index (χ4n) is 2.40. The molecule has 2 aromatic rings. The Balaban J connectivity index is 1.91. The van der Waals surface area contributed by atoms with Crippen molar-refractivity contribution in [2.45, 2.75) is 33.7 Å². The minimum Gasteiger partial charge on any atom is -0.490 e. The first-order chi connectivity index (χ1) is 12.8. The lowest BCUT2D eigenvalue weighted by Gasteiger charge is -2.14. The van der Waals surface area contributed by atoms with Crippen molar-refractivity contribution < 1.29 is 14.0 Å². The monoisotopic (exact) mass is 360 g/mol. The molecule has 26 heavy (non-hydrogen) atoms. The van der Waals surface area contributed by atoms with Crippen LogP contribution in [0.4, 0.5) is 0 Å². The third-order valence-electron chi connectivity index (χ3n) is 3.55. The average molecular weight is 360 g/mol. The van der Waals surface area contributed by atoms with Gasteiger partial charge in [-0.25, -0.2) is 4.99 Å².